The summed E-state index contributed by atoms with van der Waals surface area (Å²) in [5.74, 6) is 1.55. The van der Waals surface area contributed by atoms with Gasteiger partial charge in [-0.05, 0) is 11.8 Å². The summed E-state index contributed by atoms with van der Waals surface area (Å²) in [6.07, 6.45) is 3.42. The molecule has 0 radical (unpaired) electrons. The Morgan fingerprint density at radius 2 is 2.27 bits per heavy atom. The van der Waals surface area contributed by atoms with Crippen LogP contribution in [0.1, 0.15) is 6.92 Å². The molecule has 7 heteroatoms. The fourth-order valence-electron chi connectivity index (χ4n) is 1.04. The second-order valence-corrected chi connectivity index (χ2v) is 3.89. The van der Waals surface area contributed by atoms with E-state index in [4.69, 9.17) is 5.73 Å². The Morgan fingerprint density at radius 3 is 2.93 bits per heavy atom. The van der Waals surface area contributed by atoms with E-state index in [2.05, 4.69) is 20.1 Å². The molecule has 0 bridgehead atoms. The molecule has 2 N–H and O–H groups in total. The molecule has 0 spiro atoms. The van der Waals surface area contributed by atoms with Crippen molar-refractivity contribution in [3.05, 3.63) is 18.5 Å². The summed E-state index contributed by atoms with van der Waals surface area (Å²) < 4.78 is 1.55. The minimum Gasteiger partial charge on any atom is -0.368 e. The van der Waals surface area contributed by atoms with Gasteiger partial charge in [0.25, 0.3) is 5.95 Å². The second-order valence-electron chi connectivity index (χ2n) is 2.66. The first-order valence-corrected chi connectivity index (χ1v) is 5.42. The van der Waals surface area contributed by atoms with Crippen LogP contribution in [0.15, 0.2) is 23.6 Å². The summed E-state index contributed by atoms with van der Waals surface area (Å²) in [5, 5.41) is 4.65. The molecule has 15 heavy (non-hydrogen) atoms. The largest absolute Gasteiger partial charge is 0.368 e. The highest BCUT2D eigenvalue weighted by molar-refractivity contribution is 7.99. The van der Waals surface area contributed by atoms with E-state index < -0.39 is 0 Å². The van der Waals surface area contributed by atoms with Gasteiger partial charge in [0.2, 0.25) is 5.95 Å². The Bertz CT molecular complexity index is 440. The van der Waals surface area contributed by atoms with Gasteiger partial charge >= 0.3 is 0 Å². The van der Waals surface area contributed by atoms with Crippen molar-refractivity contribution in [3.8, 4) is 5.95 Å². The number of nitrogens with zero attached hydrogens (tertiary/aromatic N) is 5. The monoisotopic (exact) mass is 222 g/mol. The van der Waals surface area contributed by atoms with E-state index in [1.54, 1.807) is 23.1 Å². The first kappa shape index (κ1) is 9.91. The van der Waals surface area contributed by atoms with E-state index in [1.165, 1.54) is 11.8 Å². The average molecular weight is 222 g/mol. The van der Waals surface area contributed by atoms with Crippen molar-refractivity contribution in [1.82, 2.24) is 24.7 Å². The number of nitrogens with two attached hydrogens (primary N) is 1. The molecule has 0 amide bonds. The highest BCUT2D eigenvalue weighted by atomic mass is 32.2. The van der Waals surface area contributed by atoms with Gasteiger partial charge < -0.3 is 5.73 Å². The van der Waals surface area contributed by atoms with Gasteiger partial charge in [0, 0.05) is 12.4 Å². The molecule has 0 aromatic carbocycles. The minimum absolute atomic E-state index is 0.214. The maximum atomic E-state index is 5.58. The molecule has 2 rings (SSSR count). The zero-order chi connectivity index (χ0) is 10.7. The third kappa shape index (κ3) is 2.24. The molecule has 78 valence electrons. The number of nitrogen functional groups attached to an aromatic ring is 1. The third-order valence-corrected chi connectivity index (χ3v) is 2.33. The van der Waals surface area contributed by atoms with Crippen molar-refractivity contribution < 1.29 is 0 Å². The smallest absolute Gasteiger partial charge is 0.256 e. The summed E-state index contributed by atoms with van der Waals surface area (Å²) >= 11 is 1.52. The quantitative estimate of drug-likeness (QED) is 0.772. The molecule has 0 fully saturated rings. The van der Waals surface area contributed by atoms with E-state index in [-0.39, 0.29) is 5.95 Å². The molecular weight excluding hydrogens is 212 g/mol. The van der Waals surface area contributed by atoms with Crippen molar-refractivity contribution in [2.75, 3.05) is 11.5 Å². The zero-order valence-electron chi connectivity index (χ0n) is 8.16. The molecular formula is C8H10N6S. The van der Waals surface area contributed by atoms with Gasteiger partial charge in [0.1, 0.15) is 0 Å². The molecule has 0 aliphatic heterocycles. The van der Waals surface area contributed by atoms with Gasteiger partial charge in [0.15, 0.2) is 5.16 Å². The predicted octanol–water partition coefficient (Wildman–Crippen LogP) is 0.751. The molecule has 0 saturated heterocycles. The van der Waals surface area contributed by atoms with Gasteiger partial charge in [-0.2, -0.15) is 20.1 Å². The van der Waals surface area contributed by atoms with E-state index in [0.29, 0.717) is 11.1 Å². The lowest BCUT2D eigenvalue weighted by Gasteiger charge is -2.02. The molecule has 0 aliphatic carbocycles. The summed E-state index contributed by atoms with van der Waals surface area (Å²) in [6, 6.07) is 1.80. The van der Waals surface area contributed by atoms with Crippen LogP contribution < -0.4 is 5.73 Å². The highest BCUT2D eigenvalue weighted by Gasteiger charge is 2.05. The van der Waals surface area contributed by atoms with Crippen LogP contribution in [0.3, 0.4) is 0 Å². The van der Waals surface area contributed by atoms with Crippen LogP contribution in [-0.2, 0) is 0 Å². The van der Waals surface area contributed by atoms with Gasteiger partial charge in [-0.1, -0.05) is 18.7 Å². The standard InChI is InChI=1S/C8H10N6S/c1-2-15-8-12-6(9)11-7(13-8)14-5-3-4-10-14/h3-5H,2H2,1H3,(H2,9,11,12,13). The molecule has 2 aromatic heterocycles. The predicted molar refractivity (Wildman–Crippen MR) is 57.8 cm³/mol. The Balaban J connectivity index is 2.40. The van der Waals surface area contributed by atoms with Gasteiger partial charge in [0.05, 0.1) is 0 Å². The molecule has 6 nitrogen and oxygen atoms in total. The maximum Gasteiger partial charge on any atom is 0.256 e. The molecule has 2 aromatic rings. The maximum absolute atomic E-state index is 5.58. The lowest BCUT2D eigenvalue weighted by molar-refractivity contribution is 0.764. The number of thioether (sulfide) groups is 1. The fraction of sp³-hybridized carbons (Fsp3) is 0.250. The van der Waals surface area contributed by atoms with Crippen LogP contribution in [0.25, 0.3) is 5.95 Å². The minimum atomic E-state index is 0.214. The fourth-order valence-corrected chi connectivity index (χ4v) is 1.61. The van der Waals surface area contributed by atoms with Crippen molar-refractivity contribution >= 4 is 17.7 Å². The van der Waals surface area contributed by atoms with Crippen LogP contribution >= 0.6 is 11.8 Å². The van der Waals surface area contributed by atoms with Crippen molar-refractivity contribution in [3.63, 3.8) is 0 Å². The Hall–Kier alpha value is -1.63. The first-order valence-electron chi connectivity index (χ1n) is 4.44. The topological polar surface area (TPSA) is 82.5 Å². The Kier molecular flexibility index (Phi) is 2.82. The molecule has 0 unspecified atom stereocenters. The third-order valence-electron chi connectivity index (χ3n) is 1.60. The normalized spacial score (nSPS) is 10.5. The van der Waals surface area contributed by atoms with Crippen LogP contribution in [0, 0.1) is 0 Å². The average Bonchev–Trinajstić information content (AvgIpc) is 2.70. The molecule has 0 aliphatic rings. The Morgan fingerprint density at radius 1 is 1.40 bits per heavy atom. The lowest BCUT2D eigenvalue weighted by Crippen LogP contribution is -2.07. The summed E-state index contributed by atoms with van der Waals surface area (Å²) in [4.78, 5) is 12.2. The number of rotatable bonds is 3. The van der Waals surface area contributed by atoms with Crippen molar-refractivity contribution in [2.45, 2.75) is 12.1 Å². The first-order chi connectivity index (χ1) is 7.29. The van der Waals surface area contributed by atoms with Crippen LogP contribution in [0.5, 0.6) is 0 Å². The van der Waals surface area contributed by atoms with Gasteiger partial charge in [-0.3, -0.25) is 0 Å². The van der Waals surface area contributed by atoms with E-state index in [0.717, 1.165) is 5.75 Å². The number of aromatic nitrogens is 5. The summed E-state index contributed by atoms with van der Waals surface area (Å²) in [5.41, 5.74) is 5.58. The van der Waals surface area contributed by atoms with Crippen LogP contribution in [-0.4, -0.2) is 30.5 Å². The zero-order valence-corrected chi connectivity index (χ0v) is 8.98. The van der Waals surface area contributed by atoms with Crippen LogP contribution in [0.2, 0.25) is 0 Å². The molecule has 2 heterocycles. The SMILES string of the molecule is CCSc1nc(N)nc(-n2cccn2)n1. The summed E-state index contributed by atoms with van der Waals surface area (Å²) in [6.45, 7) is 2.03. The van der Waals surface area contributed by atoms with Gasteiger partial charge in [-0.25, -0.2) is 4.68 Å². The number of hydrogen-bond acceptors (Lipinski definition) is 6. The summed E-state index contributed by atoms with van der Waals surface area (Å²) in [7, 11) is 0. The molecule has 0 saturated carbocycles. The van der Waals surface area contributed by atoms with E-state index in [1.807, 2.05) is 6.92 Å². The highest BCUT2D eigenvalue weighted by Crippen LogP contribution is 2.13. The number of anilines is 1. The van der Waals surface area contributed by atoms with E-state index >= 15 is 0 Å². The van der Waals surface area contributed by atoms with Crippen LogP contribution in [0.4, 0.5) is 5.95 Å². The van der Waals surface area contributed by atoms with E-state index in [9.17, 15) is 0 Å². The second kappa shape index (κ2) is 4.26. The Labute approximate surface area is 90.9 Å². The molecule has 0 atom stereocenters. The van der Waals surface area contributed by atoms with Gasteiger partial charge in [-0.15, -0.1) is 0 Å². The lowest BCUT2D eigenvalue weighted by atomic mass is 10.7. The van der Waals surface area contributed by atoms with Crippen molar-refractivity contribution in [1.29, 1.82) is 0 Å². The number of hydrogen-bond donors (Lipinski definition) is 1. The van der Waals surface area contributed by atoms with Crippen molar-refractivity contribution in [2.24, 2.45) is 0 Å².